The summed E-state index contributed by atoms with van der Waals surface area (Å²) in [6, 6.07) is 0.230. The Morgan fingerprint density at radius 2 is 2.06 bits per heavy atom. The Labute approximate surface area is 102 Å². The van der Waals surface area contributed by atoms with Crippen molar-refractivity contribution in [2.24, 2.45) is 5.73 Å². The molecule has 1 aliphatic rings. The van der Waals surface area contributed by atoms with Gasteiger partial charge in [0.25, 0.3) is 0 Å². The minimum atomic E-state index is -0.338. The number of rotatable bonds is 6. The van der Waals surface area contributed by atoms with Crippen molar-refractivity contribution in [1.82, 2.24) is 4.90 Å². The highest BCUT2D eigenvalue weighted by atomic mass is 35.5. The number of nitrogens with zero attached hydrogens (tertiary/aromatic N) is 1. The number of ether oxygens (including phenoxy) is 1. The van der Waals surface area contributed by atoms with Crippen molar-refractivity contribution < 1.29 is 14.3 Å². The molecule has 0 aromatic heterocycles. The summed E-state index contributed by atoms with van der Waals surface area (Å²) >= 11 is 0. The standard InChI is InChI=1S/C10H18N2O3.ClH/c1-2-15-10(14)7-12(8-3-4-8)9(13)5-6-11;/h8H,2-7,11H2,1H3;1H. The Hall–Kier alpha value is -0.810. The molecule has 2 N–H and O–H groups in total. The van der Waals surface area contributed by atoms with Crippen LogP contribution in [0.25, 0.3) is 0 Å². The number of carbonyl (C=O) groups is 2. The Morgan fingerprint density at radius 1 is 1.44 bits per heavy atom. The maximum Gasteiger partial charge on any atom is 0.325 e. The van der Waals surface area contributed by atoms with E-state index in [9.17, 15) is 9.59 Å². The molecular weight excluding hydrogens is 232 g/mol. The second-order valence-electron chi connectivity index (χ2n) is 3.60. The van der Waals surface area contributed by atoms with Crippen LogP contribution in [0.5, 0.6) is 0 Å². The van der Waals surface area contributed by atoms with E-state index in [0.29, 0.717) is 19.6 Å². The van der Waals surface area contributed by atoms with Gasteiger partial charge in [-0.15, -0.1) is 12.4 Å². The Bertz CT molecular complexity index is 244. The van der Waals surface area contributed by atoms with Gasteiger partial charge in [0.2, 0.25) is 5.91 Å². The highest BCUT2D eigenvalue weighted by Gasteiger charge is 2.33. The molecule has 0 atom stereocenters. The van der Waals surface area contributed by atoms with Gasteiger partial charge in [0.05, 0.1) is 6.61 Å². The highest BCUT2D eigenvalue weighted by molar-refractivity contribution is 5.85. The van der Waals surface area contributed by atoms with E-state index < -0.39 is 0 Å². The first-order valence-electron chi connectivity index (χ1n) is 5.34. The monoisotopic (exact) mass is 250 g/mol. The lowest BCUT2D eigenvalue weighted by Gasteiger charge is -2.20. The molecule has 1 saturated carbocycles. The van der Waals surface area contributed by atoms with E-state index in [1.165, 1.54) is 0 Å². The van der Waals surface area contributed by atoms with Gasteiger partial charge in [-0.2, -0.15) is 0 Å². The van der Waals surface area contributed by atoms with Crippen molar-refractivity contribution in [3.05, 3.63) is 0 Å². The average molecular weight is 251 g/mol. The molecule has 0 spiro atoms. The molecule has 0 aromatic carbocycles. The summed E-state index contributed by atoms with van der Waals surface area (Å²) in [5.41, 5.74) is 5.31. The maximum absolute atomic E-state index is 11.6. The first-order chi connectivity index (χ1) is 7.19. The molecule has 0 heterocycles. The lowest BCUT2D eigenvalue weighted by Crippen LogP contribution is -2.39. The first kappa shape index (κ1) is 15.2. The smallest absolute Gasteiger partial charge is 0.325 e. The van der Waals surface area contributed by atoms with Crippen LogP contribution >= 0.6 is 12.4 Å². The van der Waals surface area contributed by atoms with E-state index in [0.717, 1.165) is 12.8 Å². The number of nitrogens with two attached hydrogens (primary N) is 1. The number of carbonyl (C=O) groups excluding carboxylic acids is 2. The molecule has 0 saturated heterocycles. The Balaban J connectivity index is 0.00000225. The number of amides is 1. The quantitative estimate of drug-likeness (QED) is 0.689. The third kappa shape index (κ3) is 4.81. The average Bonchev–Trinajstić information content (AvgIpc) is 2.98. The molecule has 1 amide bonds. The third-order valence-electron chi connectivity index (χ3n) is 2.27. The summed E-state index contributed by atoms with van der Waals surface area (Å²) in [5.74, 6) is -0.386. The molecule has 1 aliphatic carbocycles. The van der Waals surface area contributed by atoms with E-state index >= 15 is 0 Å². The van der Waals surface area contributed by atoms with E-state index in [1.54, 1.807) is 11.8 Å². The van der Waals surface area contributed by atoms with Gasteiger partial charge < -0.3 is 15.4 Å². The minimum Gasteiger partial charge on any atom is -0.465 e. The van der Waals surface area contributed by atoms with Gasteiger partial charge >= 0.3 is 5.97 Å². The lowest BCUT2D eigenvalue weighted by atomic mass is 10.3. The SMILES string of the molecule is CCOC(=O)CN(C(=O)CCN)C1CC1.Cl. The molecule has 0 bridgehead atoms. The van der Waals surface area contributed by atoms with Crippen LogP contribution in [0.4, 0.5) is 0 Å². The summed E-state index contributed by atoms with van der Waals surface area (Å²) in [5, 5.41) is 0. The molecule has 5 nitrogen and oxygen atoms in total. The number of esters is 1. The zero-order valence-corrected chi connectivity index (χ0v) is 10.3. The molecule has 1 rings (SSSR count). The summed E-state index contributed by atoms with van der Waals surface area (Å²) < 4.78 is 4.81. The molecule has 94 valence electrons. The lowest BCUT2D eigenvalue weighted by molar-refractivity contribution is -0.149. The van der Waals surface area contributed by atoms with Crippen molar-refractivity contribution in [3.63, 3.8) is 0 Å². The topological polar surface area (TPSA) is 72.6 Å². The molecule has 0 radical (unpaired) electrons. The van der Waals surface area contributed by atoms with Crippen LogP contribution in [0.15, 0.2) is 0 Å². The van der Waals surface area contributed by atoms with E-state index in [-0.39, 0.29) is 36.9 Å². The molecule has 16 heavy (non-hydrogen) atoms. The van der Waals surface area contributed by atoms with Crippen LogP contribution in [0, 0.1) is 0 Å². The van der Waals surface area contributed by atoms with Crippen LogP contribution < -0.4 is 5.73 Å². The van der Waals surface area contributed by atoms with Gasteiger partial charge in [0.1, 0.15) is 6.54 Å². The Morgan fingerprint density at radius 3 is 2.50 bits per heavy atom. The van der Waals surface area contributed by atoms with E-state index in [2.05, 4.69) is 0 Å². The molecular formula is C10H19ClN2O3. The molecule has 0 unspecified atom stereocenters. The van der Waals surface area contributed by atoms with Crippen LogP contribution in [0.1, 0.15) is 26.2 Å². The fourth-order valence-corrected chi connectivity index (χ4v) is 1.42. The normalized spacial score (nSPS) is 13.9. The zero-order valence-electron chi connectivity index (χ0n) is 9.48. The number of hydrogen-bond donors (Lipinski definition) is 1. The van der Waals surface area contributed by atoms with Gasteiger partial charge in [-0.1, -0.05) is 0 Å². The molecule has 1 fully saturated rings. The fourth-order valence-electron chi connectivity index (χ4n) is 1.42. The van der Waals surface area contributed by atoms with Gasteiger partial charge in [0, 0.05) is 19.0 Å². The minimum absolute atomic E-state index is 0. The van der Waals surface area contributed by atoms with E-state index in [4.69, 9.17) is 10.5 Å². The van der Waals surface area contributed by atoms with Crippen molar-refractivity contribution >= 4 is 24.3 Å². The summed E-state index contributed by atoms with van der Waals surface area (Å²) in [7, 11) is 0. The van der Waals surface area contributed by atoms with Crippen LogP contribution in [0.3, 0.4) is 0 Å². The zero-order chi connectivity index (χ0) is 11.3. The summed E-state index contributed by atoms with van der Waals surface area (Å²) in [6.45, 7) is 2.49. The van der Waals surface area contributed by atoms with Crippen LogP contribution in [0.2, 0.25) is 0 Å². The fraction of sp³-hybridized carbons (Fsp3) is 0.800. The third-order valence-corrected chi connectivity index (χ3v) is 2.27. The van der Waals surface area contributed by atoms with Crippen LogP contribution in [-0.4, -0.2) is 42.5 Å². The predicted molar refractivity (Wildman–Crippen MR) is 62.3 cm³/mol. The molecule has 0 aliphatic heterocycles. The van der Waals surface area contributed by atoms with Gasteiger partial charge in [-0.3, -0.25) is 9.59 Å². The first-order valence-corrected chi connectivity index (χ1v) is 5.34. The van der Waals surface area contributed by atoms with Crippen LogP contribution in [-0.2, 0) is 14.3 Å². The van der Waals surface area contributed by atoms with Crippen molar-refractivity contribution in [2.75, 3.05) is 19.7 Å². The van der Waals surface area contributed by atoms with Gasteiger partial charge in [-0.25, -0.2) is 0 Å². The van der Waals surface area contributed by atoms with Crippen molar-refractivity contribution in [1.29, 1.82) is 0 Å². The van der Waals surface area contributed by atoms with Gasteiger partial charge in [0.15, 0.2) is 0 Å². The number of halogens is 1. The van der Waals surface area contributed by atoms with E-state index in [1.807, 2.05) is 0 Å². The second kappa shape index (κ2) is 7.46. The number of hydrogen-bond acceptors (Lipinski definition) is 4. The Kier molecular flexibility index (Phi) is 7.08. The van der Waals surface area contributed by atoms with Crippen molar-refractivity contribution in [3.8, 4) is 0 Å². The molecule has 6 heteroatoms. The maximum atomic E-state index is 11.6. The summed E-state index contributed by atoms with van der Waals surface area (Å²) in [6.07, 6.45) is 2.27. The largest absolute Gasteiger partial charge is 0.465 e. The second-order valence-corrected chi connectivity index (χ2v) is 3.60. The predicted octanol–water partition coefficient (Wildman–Crippen LogP) is 0.311. The van der Waals surface area contributed by atoms with Gasteiger partial charge in [-0.05, 0) is 19.8 Å². The van der Waals surface area contributed by atoms with Crippen molar-refractivity contribution in [2.45, 2.75) is 32.2 Å². The summed E-state index contributed by atoms with van der Waals surface area (Å²) in [4.78, 5) is 24.4. The highest BCUT2D eigenvalue weighted by Crippen LogP contribution is 2.27. The molecule has 0 aromatic rings.